The highest BCUT2D eigenvalue weighted by molar-refractivity contribution is 6.35. The molecule has 25 heavy (non-hydrogen) atoms. The Morgan fingerprint density at radius 3 is 2.28 bits per heavy atom. The minimum Gasteiger partial charge on any atom is -0.366 e. The monoisotopic (exact) mass is 380 g/mol. The van der Waals surface area contributed by atoms with E-state index in [0.717, 1.165) is 5.56 Å². The van der Waals surface area contributed by atoms with Gasteiger partial charge >= 0.3 is 0 Å². The number of quaternary nitrogens is 1. The fraction of sp³-hybridized carbons (Fsp3) is 0.222. The second-order valence-electron chi connectivity index (χ2n) is 5.87. The summed E-state index contributed by atoms with van der Waals surface area (Å²) in [4.78, 5) is 23.4. The number of halogens is 2. The van der Waals surface area contributed by atoms with Gasteiger partial charge in [0, 0.05) is 21.8 Å². The Hall–Kier alpha value is -2.08. The van der Waals surface area contributed by atoms with E-state index in [0.29, 0.717) is 21.3 Å². The van der Waals surface area contributed by atoms with Gasteiger partial charge in [-0.25, -0.2) is 0 Å². The summed E-state index contributed by atoms with van der Waals surface area (Å²) in [6.07, 6.45) is 0. The van der Waals surface area contributed by atoms with Crippen molar-refractivity contribution in [2.45, 2.75) is 25.9 Å². The van der Waals surface area contributed by atoms with Crippen LogP contribution in [-0.4, -0.2) is 17.9 Å². The van der Waals surface area contributed by atoms with Crippen LogP contribution < -0.4 is 16.4 Å². The molecule has 0 radical (unpaired) electrons. The van der Waals surface area contributed by atoms with Gasteiger partial charge in [0.1, 0.15) is 6.04 Å². The molecule has 7 heteroatoms. The van der Waals surface area contributed by atoms with E-state index < -0.39 is 5.91 Å². The summed E-state index contributed by atoms with van der Waals surface area (Å²) in [5, 5.41) is 5.88. The maximum Gasteiger partial charge on any atom is 0.282 e. The topological polar surface area (TPSA) is 88.8 Å². The molecule has 0 aliphatic heterocycles. The Morgan fingerprint density at radius 2 is 1.72 bits per heavy atom. The zero-order chi connectivity index (χ0) is 18.6. The van der Waals surface area contributed by atoms with Crippen molar-refractivity contribution in [2.75, 3.05) is 5.32 Å². The van der Waals surface area contributed by atoms with Crippen LogP contribution in [0.15, 0.2) is 42.5 Å². The second-order valence-corrected chi connectivity index (χ2v) is 6.71. The number of primary amides is 1. The molecule has 0 spiro atoms. The predicted molar refractivity (Wildman–Crippen MR) is 99.9 cm³/mol. The van der Waals surface area contributed by atoms with Crippen LogP contribution in [-0.2, 0) is 4.79 Å². The smallest absolute Gasteiger partial charge is 0.282 e. The normalized spacial score (nSPS) is 13.1. The Balaban J connectivity index is 1.98. The van der Waals surface area contributed by atoms with Crippen LogP contribution in [0.3, 0.4) is 0 Å². The number of hydrogen-bond acceptors (Lipinski definition) is 2. The maximum atomic E-state index is 12.3. The molecule has 0 bridgehead atoms. The van der Waals surface area contributed by atoms with Gasteiger partial charge in [0.05, 0.1) is 5.02 Å². The van der Waals surface area contributed by atoms with E-state index in [-0.39, 0.29) is 18.0 Å². The second kappa shape index (κ2) is 8.34. The summed E-state index contributed by atoms with van der Waals surface area (Å²) in [5.74, 6) is -0.656. The van der Waals surface area contributed by atoms with Gasteiger partial charge in [-0.15, -0.1) is 0 Å². The number of carbonyl (C=O) groups excluding carboxylic acids is 2. The van der Waals surface area contributed by atoms with Crippen LogP contribution >= 0.6 is 23.2 Å². The lowest BCUT2D eigenvalue weighted by atomic mass is 10.1. The van der Waals surface area contributed by atoms with Gasteiger partial charge in [-0.3, -0.25) is 9.59 Å². The third-order valence-electron chi connectivity index (χ3n) is 3.88. The summed E-state index contributed by atoms with van der Waals surface area (Å²) in [6.45, 7) is 3.79. The molecule has 0 heterocycles. The van der Waals surface area contributed by atoms with E-state index in [1.165, 1.54) is 0 Å². The van der Waals surface area contributed by atoms with Crippen LogP contribution in [0.2, 0.25) is 10.0 Å². The van der Waals surface area contributed by atoms with E-state index in [1.54, 1.807) is 36.4 Å². The molecule has 2 aromatic carbocycles. The molecular formula is C18H20Cl2N3O2+. The van der Waals surface area contributed by atoms with Crippen LogP contribution in [0, 0.1) is 0 Å². The zero-order valence-electron chi connectivity index (χ0n) is 13.9. The van der Waals surface area contributed by atoms with Crippen molar-refractivity contribution in [3.05, 3.63) is 63.6 Å². The number of nitrogens with one attached hydrogen (secondary N) is 1. The van der Waals surface area contributed by atoms with Gasteiger partial charge in [-0.1, -0.05) is 29.3 Å². The Bertz CT molecular complexity index is 778. The largest absolute Gasteiger partial charge is 0.366 e. The van der Waals surface area contributed by atoms with E-state index in [2.05, 4.69) is 5.32 Å². The van der Waals surface area contributed by atoms with Gasteiger partial charge in [0.15, 0.2) is 6.04 Å². The molecule has 0 saturated heterocycles. The number of anilines is 1. The number of rotatable bonds is 6. The van der Waals surface area contributed by atoms with E-state index in [9.17, 15) is 9.59 Å². The quantitative estimate of drug-likeness (QED) is 0.718. The zero-order valence-corrected chi connectivity index (χ0v) is 15.4. The van der Waals surface area contributed by atoms with Gasteiger partial charge in [0.25, 0.3) is 5.91 Å². The highest BCUT2D eigenvalue weighted by atomic mass is 35.5. The van der Waals surface area contributed by atoms with Gasteiger partial charge in [-0.05, 0) is 50.2 Å². The molecule has 0 fully saturated rings. The van der Waals surface area contributed by atoms with Crippen LogP contribution in [0.4, 0.5) is 5.69 Å². The molecule has 0 aliphatic rings. The fourth-order valence-electron chi connectivity index (χ4n) is 2.47. The summed E-state index contributed by atoms with van der Waals surface area (Å²) in [5.41, 5.74) is 7.10. The molecule has 0 unspecified atom stereocenters. The van der Waals surface area contributed by atoms with Crippen molar-refractivity contribution in [1.29, 1.82) is 0 Å². The van der Waals surface area contributed by atoms with E-state index in [1.807, 2.05) is 25.2 Å². The average molecular weight is 381 g/mol. The maximum absolute atomic E-state index is 12.3. The lowest BCUT2D eigenvalue weighted by Crippen LogP contribution is -2.91. The summed E-state index contributed by atoms with van der Waals surface area (Å²) in [6, 6.07) is 11.4. The van der Waals surface area contributed by atoms with E-state index in [4.69, 9.17) is 28.9 Å². The predicted octanol–water partition coefficient (Wildman–Crippen LogP) is 2.74. The van der Waals surface area contributed by atoms with E-state index >= 15 is 0 Å². The van der Waals surface area contributed by atoms with Crippen molar-refractivity contribution < 1.29 is 14.9 Å². The molecule has 0 saturated carbocycles. The first-order chi connectivity index (χ1) is 11.8. The summed E-state index contributed by atoms with van der Waals surface area (Å²) in [7, 11) is 0. The van der Waals surface area contributed by atoms with Crippen LogP contribution in [0.25, 0.3) is 0 Å². The molecule has 0 aromatic heterocycles. The molecule has 2 amide bonds. The number of nitrogens with two attached hydrogens (primary N) is 2. The summed E-state index contributed by atoms with van der Waals surface area (Å²) < 4.78 is 0. The highest BCUT2D eigenvalue weighted by Crippen LogP contribution is 2.24. The first-order valence-electron chi connectivity index (χ1n) is 7.78. The third kappa shape index (κ3) is 5.19. The lowest BCUT2D eigenvalue weighted by molar-refractivity contribution is -0.709. The molecule has 2 aromatic rings. The van der Waals surface area contributed by atoms with Gasteiger partial charge in [0.2, 0.25) is 5.91 Å². The average Bonchev–Trinajstić information content (AvgIpc) is 2.55. The first kappa shape index (κ1) is 19.2. The Morgan fingerprint density at radius 1 is 1.08 bits per heavy atom. The molecule has 2 rings (SSSR count). The molecule has 5 N–H and O–H groups in total. The Labute approximate surface area is 156 Å². The first-order valence-corrected chi connectivity index (χ1v) is 8.54. The standard InChI is InChI=1S/C18H19Cl2N3O2/c1-10(15-8-5-13(19)9-16(15)20)22-11(2)18(25)23-14-6-3-12(4-7-14)17(21)24/h3-11,22H,1-2H3,(H2,21,24)(H,23,25)/p+1/t10-,11-/m0/s1. The number of benzene rings is 2. The van der Waals surface area contributed by atoms with Crippen molar-refractivity contribution in [3.8, 4) is 0 Å². The van der Waals surface area contributed by atoms with Crippen molar-refractivity contribution >= 4 is 40.7 Å². The van der Waals surface area contributed by atoms with Crippen molar-refractivity contribution in [2.24, 2.45) is 5.73 Å². The van der Waals surface area contributed by atoms with Gasteiger partial charge < -0.3 is 16.4 Å². The summed E-state index contributed by atoms with van der Waals surface area (Å²) >= 11 is 12.1. The van der Waals surface area contributed by atoms with Crippen molar-refractivity contribution in [3.63, 3.8) is 0 Å². The lowest BCUT2D eigenvalue weighted by Gasteiger charge is -2.18. The molecule has 2 atom stereocenters. The molecule has 0 aliphatic carbocycles. The number of hydrogen-bond donors (Lipinski definition) is 3. The minimum absolute atomic E-state index is 0.0113. The van der Waals surface area contributed by atoms with Crippen LogP contribution in [0.1, 0.15) is 35.8 Å². The van der Waals surface area contributed by atoms with Crippen LogP contribution in [0.5, 0.6) is 0 Å². The van der Waals surface area contributed by atoms with Gasteiger partial charge in [-0.2, -0.15) is 0 Å². The molecule has 132 valence electrons. The third-order valence-corrected chi connectivity index (χ3v) is 4.44. The number of carbonyl (C=O) groups is 2. The SMILES string of the molecule is C[C@H]([NH2+][C@@H](C)c1ccc(Cl)cc1Cl)C(=O)Nc1ccc(C(N)=O)cc1. The minimum atomic E-state index is -0.506. The Kier molecular flexibility index (Phi) is 6.42. The van der Waals surface area contributed by atoms with Crippen molar-refractivity contribution in [1.82, 2.24) is 0 Å². The number of amides is 2. The highest BCUT2D eigenvalue weighted by Gasteiger charge is 2.22. The molecular weight excluding hydrogens is 361 g/mol. The fourth-order valence-corrected chi connectivity index (χ4v) is 3.05. The molecule has 5 nitrogen and oxygen atoms in total.